The van der Waals surface area contributed by atoms with Gasteiger partial charge in [-0.15, -0.1) is 0 Å². The summed E-state index contributed by atoms with van der Waals surface area (Å²) in [5, 5.41) is 14.2. The van der Waals surface area contributed by atoms with E-state index in [-0.39, 0.29) is 24.9 Å². The van der Waals surface area contributed by atoms with Gasteiger partial charge >= 0.3 is 6.09 Å². The summed E-state index contributed by atoms with van der Waals surface area (Å²) >= 11 is 0. The molecule has 0 aromatic carbocycles. The van der Waals surface area contributed by atoms with E-state index in [1.165, 1.54) is 12.8 Å². The van der Waals surface area contributed by atoms with Crippen molar-refractivity contribution in [1.29, 1.82) is 0 Å². The van der Waals surface area contributed by atoms with E-state index in [4.69, 9.17) is 14.6 Å². The number of aliphatic hydroxyl groups is 1. The molecule has 3 rings (SSSR count). The van der Waals surface area contributed by atoms with Gasteiger partial charge in [0.15, 0.2) is 0 Å². The smallest absolute Gasteiger partial charge is 0.414 e. The van der Waals surface area contributed by atoms with Gasteiger partial charge in [-0.1, -0.05) is 13.8 Å². The molecular formula is C21H31N3O5. The van der Waals surface area contributed by atoms with Gasteiger partial charge in [-0.05, 0) is 56.4 Å². The molecule has 1 aromatic heterocycles. The first kappa shape index (κ1) is 21.4. The van der Waals surface area contributed by atoms with Crippen molar-refractivity contribution < 1.29 is 24.2 Å². The predicted molar refractivity (Wildman–Crippen MR) is 107 cm³/mol. The van der Waals surface area contributed by atoms with Gasteiger partial charge in [-0.25, -0.2) is 4.79 Å². The molecular weight excluding hydrogens is 374 g/mol. The number of rotatable bonds is 11. The van der Waals surface area contributed by atoms with Crippen LogP contribution in [0.25, 0.3) is 0 Å². The lowest BCUT2D eigenvalue weighted by Crippen LogP contribution is -2.59. The SMILES string of the molecule is CCC(CC)(NC(=O)Oc1ccc(C2CC2)c(OCC2CC2)n1)C(=O)NCCO. The van der Waals surface area contributed by atoms with E-state index in [9.17, 15) is 9.59 Å². The fraction of sp³-hybridized carbons (Fsp3) is 0.667. The second kappa shape index (κ2) is 9.43. The molecule has 2 amide bonds. The molecule has 2 saturated carbocycles. The normalized spacial score (nSPS) is 16.2. The molecule has 160 valence electrons. The summed E-state index contributed by atoms with van der Waals surface area (Å²) in [5.74, 6) is 1.42. The van der Waals surface area contributed by atoms with E-state index in [2.05, 4.69) is 15.6 Å². The predicted octanol–water partition coefficient (Wildman–Crippen LogP) is 2.50. The van der Waals surface area contributed by atoms with Gasteiger partial charge in [0.25, 0.3) is 0 Å². The number of carbonyl (C=O) groups excluding carboxylic acids is 2. The van der Waals surface area contributed by atoms with Crippen LogP contribution in [0.5, 0.6) is 11.8 Å². The van der Waals surface area contributed by atoms with Crippen LogP contribution in [0.15, 0.2) is 12.1 Å². The third kappa shape index (κ3) is 5.59. The average Bonchev–Trinajstić information content (AvgIpc) is 3.62. The summed E-state index contributed by atoms with van der Waals surface area (Å²) in [6.45, 7) is 4.23. The van der Waals surface area contributed by atoms with Crippen molar-refractivity contribution in [3.05, 3.63) is 17.7 Å². The number of pyridine rings is 1. The molecule has 8 heteroatoms. The van der Waals surface area contributed by atoms with Crippen LogP contribution in [0.3, 0.4) is 0 Å². The van der Waals surface area contributed by atoms with Crippen LogP contribution in [0.4, 0.5) is 4.79 Å². The maximum atomic E-state index is 12.5. The molecule has 0 unspecified atom stereocenters. The van der Waals surface area contributed by atoms with Crippen molar-refractivity contribution in [3.63, 3.8) is 0 Å². The zero-order valence-electron chi connectivity index (χ0n) is 17.2. The molecule has 2 aliphatic rings. The molecule has 2 aliphatic carbocycles. The van der Waals surface area contributed by atoms with Crippen LogP contribution in [-0.2, 0) is 4.79 Å². The minimum Gasteiger partial charge on any atom is -0.477 e. The molecule has 0 atom stereocenters. The third-order valence-electron chi connectivity index (χ3n) is 5.61. The molecule has 29 heavy (non-hydrogen) atoms. The topological polar surface area (TPSA) is 110 Å². The first-order valence-corrected chi connectivity index (χ1v) is 10.5. The average molecular weight is 405 g/mol. The third-order valence-corrected chi connectivity index (χ3v) is 5.61. The minimum atomic E-state index is -1.11. The standard InChI is InChI=1S/C21H31N3O5/c1-3-21(4-2,19(26)22-11-12-25)24-20(27)29-17-10-9-16(15-7-8-15)18(23-17)28-13-14-5-6-14/h9-10,14-15,25H,3-8,11-13H2,1-2H3,(H,22,26)(H,24,27). The summed E-state index contributed by atoms with van der Waals surface area (Å²) in [7, 11) is 0. The first-order valence-electron chi connectivity index (χ1n) is 10.5. The van der Waals surface area contributed by atoms with Crippen molar-refractivity contribution in [2.45, 2.75) is 63.8 Å². The number of nitrogens with zero attached hydrogens (tertiary/aromatic N) is 1. The number of nitrogens with one attached hydrogen (secondary N) is 2. The van der Waals surface area contributed by atoms with Crippen LogP contribution < -0.4 is 20.1 Å². The second-order valence-electron chi connectivity index (χ2n) is 7.86. The highest BCUT2D eigenvalue weighted by Crippen LogP contribution is 2.44. The number of hydrogen-bond acceptors (Lipinski definition) is 6. The largest absolute Gasteiger partial charge is 0.477 e. The van der Waals surface area contributed by atoms with Crippen molar-refractivity contribution in [3.8, 4) is 11.8 Å². The number of aliphatic hydroxyl groups excluding tert-OH is 1. The fourth-order valence-electron chi connectivity index (χ4n) is 3.25. The van der Waals surface area contributed by atoms with E-state index in [1.807, 2.05) is 19.9 Å². The molecule has 0 spiro atoms. The fourth-order valence-corrected chi connectivity index (χ4v) is 3.25. The van der Waals surface area contributed by atoms with Crippen molar-refractivity contribution in [2.24, 2.45) is 5.92 Å². The highest BCUT2D eigenvalue weighted by atomic mass is 16.6. The van der Waals surface area contributed by atoms with E-state index in [1.54, 1.807) is 6.07 Å². The molecule has 0 bridgehead atoms. The zero-order valence-corrected chi connectivity index (χ0v) is 17.2. The molecule has 1 heterocycles. The molecule has 0 radical (unpaired) electrons. The number of hydrogen-bond donors (Lipinski definition) is 3. The van der Waals surface area contributed by atoms with Gasteiger partial charge in [-0.3, -0.25) is 4.79 Å². The highest BCUT2D eigenvalue weighted by molar-refractivity contribution is 5.90. The van der Waals surface area contributed by atoms with Gasteiger partial charge in [0.1, 0.15) is 5.54 Å². The Hall–Kier alpha value is -2.35. The molecule has 0 aliphatic heterocycles. The number of aromatic nitrogens is 1. The summed E-state index contributed by atoms with van der Waals surface area (Å²) in [6, 6.07) is 3.58. The minimum absolute atomic E-state index is 0.128. The highest BCUT2D eigenvalue weighted by Gasteiger charge is 2.37. The number of carbonyl (C=O) groups is 2. The van der Waals surface area contributed by atoms with Gasteiger partial charge < -0.3 is 25.2 Å². The Kier molecular flexibility index (Phi) is 6.95. The van der Waals surface area contributed by atoms with Crippen LogP contribution >= 0.6 is 0 Å². The molecule has 1 aromatic rings. The van der Waals surface area contributed by atoms with E-state index >= 15 is 0 Å². The van der Waals surface area contributed by atoms with Gasteiger partial charge in [0.05, 0.1) is 13.2 Å². The lowest BCUT2D eigenvalue weighted by molar-refractivity contribution is -0.127. The van der Waals surface area contributed by atoms with E-state index < -0.39 is 11.6 Å². The van der Waals surface area contributed by atoms with Crippen molar-refractivity contribution >= 4 is 12.0 Å². The summed E-state index contributed by atoms with van der Waals surface area (Å²) in [6.07, 6.45) is 4.66. The van der Waals surface area contributed by atoms with Gasteiger partial charge in [0, 0.05) is 18.2 Å². The number of amides is 2. The van der Waals surface area contributed by atoms with Crippen LogP contribution in [0, 0.1) is 5.92 Å². The molecule has 8 nitrogen and oxygen atoms in total. The Morgan fingerprint density at radius 2 is 1.93 bits per heavy atom. The molecule has 2 fully saturated rings. The monoisotopic (exact) mass is 405 g/mol. The quantitative estimate of drug-likeness (QED) is 0.522. The number of ether oxygens (including phenoxy) is 2. The van der Waals surface area contributed by atoms with Crippen molar-refractivity contribution in [2.75, 3.05) is 19.8 Å². The molecule has 3 N–H and O–H groups in total. The zero-order chi connectivity index (χ0) is 20.9. The maximum absolute atomic E-state index is 12.5. The van der Waals surface area contributed by atoms with Crippen LogP contribution in [0.1, 0.15) is 63.9 Å². The summed E-state index contributed by atoms with van der Waals surface area (Å²) in [5.41, 5.74) is -0.0378. The van der Waals surface area contributed by atoms with Crippen LogP contribution in [0.2, 0.25) is 0 Å². The van der Waals surface area contributed by atoms with Crippen LogP contribution in [-0.4, -0.2) is 47.4 Å². The summed E-state index contributed by atoms with van der Waals surface area (Å²) in [4.78, 5) is 29.4. The Bertz CT molecular complexity index is 727. The first-order chi connectivity index (χ1) is 14.0. The Balaban J connectivity index is 1.66. The Morgan fingerprint density at radius 1 is 1.21 bits per heavy atom. The van der Waals surface area contributed by atoms with E-state index in [0.29, 0.717) is 37.2 Å². The maximum Gasteiger partial charge on any atom is 0.414 e. The molecule has 0 saturated heterocycles. The lowest BCUT2D eigenvalue weighted by Gasteiger charge is -2.30. The van der Waals surface area contributed by atoms with E-state index in [0.717, 1.165) is 18.4 Å². The van der Waals surface area contributed by atoms with Gasteiger partial charge in [0.2, 0.25) is 17.7 Å². The summed E-state index contributed by atoms with van der Waals surface area (Å²) < 4.78 is 11.3. The Labute approximate surface area is 171 Å². The van der Waals surface area contributed by atoms with Crippen molar-refractivity contribution in [1.82, 2.24) is 15.6 Å². The lowest BCUT2D eigenvalue weighted by atomic mass is 9.92. The second-order valence-corrected chi connectivity index (χ2v) is 7.86. The Morgan fingerprint density at radius 3 is 2.52 bits per heavy atom. The van der Waals surface area contributed by atoms with Gasteiger partial charge in [-0.2, -0.15) is 4.98 Å².